The van der Waals surface area contributed by atoms with Crippen LogP contribution in [0.25, 0.3) is 6.08 Å². The van der Waals surface area contributed by atoms with Crippen LogP contribution < -0.4 is 0 Å². The van der Waals surface area contributed by atoms with Gasteiger partial charge in [-0.3, -0.25) is 14.5 Å². The molecule has 0 aliphatic carbocycles. The average molecular weight is 443 g/mol. The van der Waals surface area contributed by atoms with Crippen LogP contribution in [0.4, 0.5) is 4.39 Å². The first-order valence-electron chi connectivity index (χ1n) is 8.59. The number of carbonyl (C=O) groups excluding carboxylic acids is 2. The molecule has 2 atom stereocenters. The SMILES string of the molecule is C[C@@H](C(=O)N(C)[C@H]1CCS(=O)(=O)C1)N1C(=O)/C(=C/c2cccc(F)c2)SC1=S. The lowest BCUT2D eigenvalue weighted by Crippen LogP contribution is -2.50. The molecule has 1 aromatic rings. The lowest BCUT2D eigenvalue weighted by molar-refractivity contribution is -0.139. The first-order chi connectivity index (χ1) is 13.1. The number of benzene rings is 1. The van der Waals surface area contributed by atoms with Crippen molar-refractivity contribution in [3.63, 3.8) is 0 Å². The van der Waals surface area contributed by atoms with Gasteiger partial charge in [-0.1, -0.05) is 36.1 Å². The number of nitrogens with zero attached hydrogens (tertiary/aromatic N) is 2. The predicted octanol–water partition coefficient (Wildman–Crippen LogP) is 2.06. The van der Waals surface area contributed by atoms with E-state index in [9.17, 15) is 22.4 Å². The Morgan fingerprint density at radius 2 is 2.18 bits per heavy atom. The highest BCUT2D eigenvalue weighted by Crippen LogP contribution is 2.34. The molecule has 0 bridgehead atoms. The van der Waals surface area contributed by atoms with Crippen molar-refractivity contribution in [3.05, 3.63) is 40.6 Å². The minimum atomic E-state index is -3.13. The first-order valence-corrected chi connectivity index (χ1v) is 11.6. The molecule has 2 aliphatic heterocycles. The van der Waals surface area contributed by atoms with Gasteiger partial charge in [0.05, 0.1) is 16.4 Å². The molecule has 1 aromatic carbocycles. The zero-order valence-corrected chi connectivity index (χ0v) is 17.7. The summed E-state index contributed by atoms with van der Waals surface area (Å²) in [6, 6.07) is 4.55. The van der Waals surface area contributed by atoms with Crippen LogP contribution >= 0.6 is 24.0 Å². The van der Waals surface area contributed by atoms with Gasteiger partial charge in [-0.2, -0.15) is 0 Å². The summed E-state index contributed by atoms with van der Waals surface area (Å²) in [5.74, 6) is -1.22. The van der Waals surface area contributed by atoms with Crippen LogP contribution in [0.5, 0.6) is 0 Å². The molecule has 150 valence electrons. The number of carbonyl (C=O) groups is 2. The van der Waals surface area contributed by atoms with Crippen molar-refractivity contribution in [2.24, 2.45) is 0 Å². The van der Waals surface area contributed by atoms with Crippen molar-refractivity contribution in [1.29, 1.82) is 0 Å². The van der Waals surface area contributed by atoms with E-state index in [2.05, 4.69) is 0 Å². The Labute approximate surface area is 172 Å². The molecule has 10 heteroatoms. The quantitative estimate of drug-likeness (QED) is 0.525. The number of halogens is 1. The minimum absolute atomic E-state index is 0.0566. The molecule has 28 heavy (non-hydrogen) atoms. The van der Waals surface area contributed by atoms with Gasteiger partial charge in [0.15, 0.2) is 9.84 Å². The molecule has 2 fully saturated rings. The van der Waals surface area contributed by atoms with E-state index >= 15 is 0 Å². The highest BCUT2D eigenvalue weighted by atomic mass is 32.2. The van der Waals surface area contributed by atoms with Crippen molar-refractivity contribution in [2.75, 3.05) is 18.6 Å². The number of thiocarbonyl (C=S) groups is 1. The number of thioether (sulfide) groups is 1. The zero-order chi connectivity index (χ0) is 20.6. The van der Waals surface area contributed by atoms with Crippen molar-refractivity contribution < 1.29 is 22.4 Å². The summed E-state index contributed by atoms with van der Waals surface area (Å²) < 4.78 is 37.0. The van der Waals surface area contributed by atoms with E-state index in [-0.39, 0.29) is 21.7 Å². The molecule has 0 unspecified atom stereocenters. The van der Waals surface area contributed by atoms with Crippen LogP contribution in [0, 0.1) is 5.82 Å². The summed E-state index contributed by atoms with van der Waals surface area (Å²) in [6.45, 7) is 1.57. The normalized spacial score (nSPS) is 24.0. The average Bonchev–Trinajstić information content (AvgIpc) is 3.12. The van der Waals surface area contributed by atoms with Crippen LogP contribution in [0.2, 0.25) is 0 Å². The lowest BCUT2D eigenvalue weighted by atomic mass is 10.1. The maximum absolute atomic E-state index is 13.4. The van der Waals surface area contributed by atoms with E-state index < -0.39 is 33.6 Å². The molecule has 3 rings (SSSR count). The molecule has 6 nitrogen and oxygen atoms in total. The van der Waals surface area contributed by atoms with Crippen LogP contribution in [0.15, 0.2) is 29.2 Å². The molecular formula is C18H19FN2O4S3. The van der Waals surface area contributed by atoms with E-state index in [4.69, 9.17) is 12.2 Å². The lowest BCUT2D eigenvalue weighted by Gasteiger charge is -2.30. The van der Waals surface area contributed by atoms with E-state index in [0.29, 0.717) is 16.9 Å². The zero-order valence-electron chi connectivity index (χ0n) is 15.3. The molecule has 2 amide bonds. The van der Waals surface area contributed by atoms with Crippen LogP contribution in [0.1, 0.15) is 18.9 Å². The molecular weight excluding hydrogens is 423 g/mol. The third-order valence-electron chi connectivity index (χ3n) is 4.82. The van der Waals surface area contributed by atoms with Crippen molar-refractivity contribution in [2.45, 2.75) is 25.4 Å². The largest absolute Gasteiger partial charge is 0.340 e. The standard InChI is InChI=1S/C18H19FN2O4S3/c1-11(16(22)20(2)14-6-7-28(24,25)10-14)21-17(23)15(27-18(21)26)9-12-4-3-5-13(19)8-12/h3-5,8-9,11,14H,6-7,10H2,1-2H3/b15-9-/t11-,14-/m0/s1. The Bertz CT molecular complexity index is 977. The first kappa shape index (κ1) is 20.9. The van der Waals surface area contributed by atoms with Crippen molar-refractivity contribution in [3.8, 4) is 0 Å². The van der Waals surface area contributed by atoms with E-state index in [0.717, 1.165) is 11.8 Å². The predicted molar refractivity (Wildman–Crippen MR) is 111 cm³/mol. The van der Waals surface area contributed by atoms with Gasteiger partial charge in [-0.25, -0.2) is 12.8 Å². The Morgan fingerprint density at radius 1 is 1.46 bits per heavy atom. The maximum atomic E-state index is 13.4. The summed E-state index contributed by atoms with van der Waals surface area (Å²) in [5, 5.41) is 0. The topological polar surface area (TPSA) is 74.8 Å². The molecule has 2 saturated heterocycles. The Morgan fingerprint density at radius 3 is 2.79 bits per heavy atom. The second-order valence-corrected chi connectivity index (χ2v) is 10.7. The minimum Gasteiger partial charge on any atom is -0.340 e. The van der Waals surface area contributed by atoms with Crippen LogP contribution in [-0.4, -0.2) is 65.0 Å². The van der Waals surface area contributed by atoms with Crippen LogP contribution in [0.3, 0.4) is 0 Å². The summed E-state index contributed by atoms with van der Waals surface area (Å²) in [7, 11) is -1.59. The second kappa shape index (κ2) is 7.92. The fourth-order valence-corrected chi connectivity index (χ4v) is 6.42. The molecule has 2 aliphatic rings. The third kappa shape index (κ3) is 4.28. The van der Waals surface area contributed by atoms with Crippen LogP contribution in [-0.2, 0) is 19.4 Å². The maximum Gasteiger partial charge on any atom is 0.266 e. The monoisotopic (exact) mass is 442 g/mol. The van der Waals surface area contributed by atoms with Gasteiger partial charge in [-0.05, 0) is 37.1 Å². The number of hydrogen-bond acceptors (Lipinski definition) is 6. The highest BCUT2D eigenvalue weighted by Gasteiger charge is 2.41. The Kier molecular flexibility index (Phi) is 5.92. The van der Waals surface area contributed by atoms with Crippen molar-refractivity contribution >= 4 is 56.0 Å². The van der Waals surface area contributed by atoms with Gasteiger partial charge in [0.1, 0.15) is 16.2 Å². The molecule has 0 spiro atoms. The summed E-state index contributed by atoms with van der Waals surface area (Å²) >= 11 is 6.33. The number of hydrogen-bond donors (Lipinski definition) is 0. The summed E-state index contributed by atoms with van der Waals surface area (Å²) in [4.78, 5) is 28.5. The third-order valence-corrected chi connectivity index (χ3v) is 7.90. The number of sulfone groups is 1. The number of amides is 2. The highest BCUT2D eigenvalue weighted by molar-refractivity contribution is 8.26. The Hall–Kier alpha value is -1.78. The van der Waals surface area contributed by atoms with E-state index in [1.807, 2.05) is 0 Å². The van der Waals surface area contributed by atoms with E-state index in [1.54, 1.807) is 26.1 Å². The smallest absolute Gasteiger partial charge is 0.266 e. The van der Waals surface area contributed by atoms with E-state index in [1.165, 1.54) is 28.0 Å². The fourth-order valence-electron chi connectivity index (χ4n) is 3.23. The number of likely N-dealkylation sites (N-methyl/N-ethyl adjacent to an activating group) is 1. The van der Waals surface area contributed by atoms with Gasteiger partial charge in [0, 0.05) is 13.1 Å². The number of rotatable bonds is 4. The molecule has 0 saturated carbocycles. The fraction of sp³-hybridized carbons (Fsp3) is 0.389. The molecule has 2 heterocycles. The molecule has 0 aromatic heterocycles. The van der Waals surface area contributed by atoms with Gasteiger partial charge >= 0.3 is 0 Å². The Balaban J connectivity index is 1.76. The second-order valence-electron chi connectivity index (χ2n) is 6.79. The summed E-state index contributed by atoms with van der Waals surface area (Å²) in [5.41, 5.74) is 0.521. The molecule has 0 radical (unpaired) electrons. The summed E-state index contributed by atoms with van der Waals surface area (Å²) in [6.07, 6.45) is 1.92. The molecule has 0 N–H and O–H groups in total. The van der Waals surface area contributed by atoms with Gasteiger partial charge in [0.2, 0.25) is 5.91 Å². The van der Waals surface area contributed by atoms with Gasteiger partial charge in [-0.15, -0.1) is 0 Å². The van der Waals surface area contributed by atoms with Gasteiger partial charge < -0.3 is 4.90 Å². The van der Waals surface area contributed by atoms with Crippen molar-refractivity contribution in [1.82, 2.24) is 9.80 Å². The van der Waals surface area contributed by atoms with Gasteiger partial charge in [0.25, 0.3) is 5.91 Å².